The van der Waals surface area contributed by atoms with Crippen LogP contribution in [0, 0.1) is 0 Å². The Morgan fingerprint density at radius 3 is 2.68 bits per heavy atom. The Bertz CT molecular complexity index is 577. The molecule has 1 amide bonds. The number of aromatic nitrogens is 1. The van der Waals surface area contributed by atoms with Crippen molar-refractivity contribution in [2.75, 3.05) is 19.7 Å². The van der Waals surface area contributed by atoms with Gasteiger partial charge in [-0.15, -0.1) is 6.58 Å². The van der Waals surface area contributed by atoms with Gasteiger partial charge in [-0.2, -0.15) is 4.31 Å². The fraction of sp³-hybridized carbons (Fsp3) is 0.364. The fourth-order valence-electron chi connectivity index (χ4n) is 1.63. The van der Waals surface area contributed by atoms with Crippen LogP contribution in [0.3, 0.4) is 0 Å². The molecule has 0 spiro atoms. The number of hydrogen-bond donors (Lipinski definition) is 2. The third-order valence-electron chi connectivity index (χ3n) is 2.55. The molecule has 0 saturated heterocycles. The number of sulfonamides is 1. The number of aliphatic hydroxyl groups excluding tert-OH is 1. The summed E-state index contributed by atoms with van der Waals surface area (Å²) < 4.78 is 27.0. The minimum atomic E-state index is -3.79. The van der Waals surface area contributed by atoms with E-state index in [0.717, 1.165) is 4.31 Å². The van der Waals surface area contributed by atoms with E-state index in [0.29, 0.717) is 0 Å². The van der Waals surface area contributed by atoms with Crippen molar-refractivity contribution >= 4 is 15.9 Å². The first kappa shape index (κ1) is 15.4. The number of aliphatic hydroxyl groups is 1. The summed E-state index contributed by atoms with van der Waals surface area (Å²) in [6.07, 6.45) is 2.73. The van der Waals surface area contributed by atoms with Gasteiger partial charge in [0.05, 0.1) is 6.61 Å². The maximum atomic E-state index is 12.3. The molecule has 7 nitrogen and oxygen atoms in total. The molecule has 8 heteroatoms. The molecular formula is C11H17N3O4S. The molecule has 0 aliphatic carbocycles. The van der Waals surface area contributed by atoms with Crippen molar-refractivity contribution in [2.45, 2.75) is 4.90 Å². The van der Waals surface area contributed by atoms with Crippen molar-refractivity contribution < 1.29 is 18.3 Å². The highest BCUT2D eigenvalue weighted by molar-refractivity contribution is 7.89. The van der Waals surface area contributed by atoms with Gasteiger partial charge >= 0.3 is 0 Å². The third kappa shape index (κ3) is 3.22. The van der Waals surface area contributed by atoms with E-state index in [1.807, 2.05) is 0 Å². The SMILES string of the molecule is C=CCN(CCO)S(=O)(=O)c1cc(C(N)=O)n(C)c1. The van der Waals surface area contributed by atoms with Crippen LogP contribution in [0.5, 0.6) is 0 Å². The highest BCUT2D eigenvalue weighted by atomic mass is 32.2. The van der Waals surface area contributed by atoms with E-state index in [-0.39, 0.29) is 30.3 Å². The zero-order chi connectivity index (χ0) is 14.6. The molecule has 0 aliphatic heterocycles. The number of nitrogens with zero attached hydrogens (tertiary/aromatic N) is 2. The lowest BCUT2D eigenvalue weighted by Crippen LogP contribution is -2.33. The third-order valence-corrected chi connectivity index (χ3v) is 4.38. The topological polar surface area (TPSA) is 106 Å². The first-order chi connectivity index (χ1) is 8.84. The average Bonchev–Trinajstić information content (AvgIpc) is 2.72. The second-order valence-corrected chi connectivity index (χ2v) is 5.85. The highest BCUT2D eigenvalue weighted by Crippen LogP contribution is 2.18. The Morgan fingerprint density at radius 1 is 1.63 bits per heavy atom. The van der Waals surface area contributed by atoms with E-state index in [1.165, 1.54) is 30.0 Å². The molecule has 1 rings (SSSR count). The van der Waals surface area contributed by atoms with Crippen molar-refractivity contribution in [1.82, 2.24) is 8.87 Å². The molecule has 0 aliphatic rings. The molecule has 106 valence electrons. The lowest BCUT2D eigenvalue weighted by atomic mass is 10.4. The van der Waals surface area contributed by atoms with Crippen molar-refractivity contribution in [2.24, 2.45) is 12.8 Å². The smallest absolute Gasteiger partial charge is 0.265 e. The summed E-state index contributed by atoms with van der Waals surface area (Å²) in [5.74, 6) is -0.707. The summed E-state index contributed by atoms with van der Waals surface area (Å²) >= 11 is 0. The molecule has 0 bridgehead atoms. The highest BCUT2D eigenvalue weighted by Gasteiger charge is 2.25. The van der Waals surface area contributed by atoms with Crippen LogP contribution >= 0.6 is 0 Å². The maximum Gasteiger partial charge on any atom is 0.265 e. The summed E-state index contributed by atoms with van der Waals surface area (Å²) in [6.45, 7) is 3.20. The van der Waals surface area contributed by atoms with Crippen molar-refractivity contribution in [3.05, 3.63) is 30.6 Å². The molecule has 0 aromatic carbocycles. The van der Waals surface area contributed by atoms with E-state index in [2.05, 4.69) is 6.58 Å². The Balaban J connectivity index is 3.21. The van der Waals surface area contributed by atoms with E-state index in [1.54, 1.807) is 0 Å². The molecule has 19 heavy (non-hydrogen) atoms. The summed E-state index contributed by atoms with van der Waals surface area (Å²) in [4.78, 5) is 11.1. The Kier molecular flexibility index (Phi) is 4.87. The number of primary amides is 1. The van der Waals surface area contributed by atoms with E-state index >= 15 is 0 Å². The summed E-state index contributed by atoms with van der Waals surface area (Å²) in [6, 6.07) is 1.21. The van der Waals surface area contributed by atoms with Crippen molar-refractivity contribution in [3.63, 3.8) is 0 Å². The van der Waals surface area contributed by atoms with Gasteiger partial charge in [-0.1, -0.05) is 6.08 Å². The molecular weight excluding hydrogens is 270 g/mol. The molecule has 0 saturated carbocycles. The van der Waals surface area contributed by atoms with Gasteiger partial charge in [0.2, 0.25) is 10.0 Å². The molecule has 1 heterocycles. The normalized spacial score (nSPS) is 11.7. The molecule has 1 aromatic heterocycles. The number of aryl methyl sites for hydroxylation is 1. The van der Waals surface area contributed by atoms with Crippen LogP contribution in [-0.4, -0.2) is 48.0 Å². The predicted molar refractivity (Wildman–Crippen MR) is 70.0 cm³/mol. The van der Waals surface area contributed by atoms with Crippen LogP contribution in [0.4, 0.5) is 0 Å². The van der Waals surface area contributed by atoms with Crippen LogP contribution in [0.15, 0.2) is 29.8 Å². The monoisotopic (exact) mass is 287 g/mol. The standard InChI is InChI=1S/C11H17N3O4S/c1-3-4-14(5-6-15)19(17,18)9-7-10(11(12)16)13(2)8-9/h3,7-8,15H,1,4-6H2,2H3,(H2,12,16). The first-order valence-electron chi connectivity index (χ1n) is 5.52. The van der Waals surface area contributed by atoms with E-state index < -0.39 is 15.9 Å². The number of rotatable bonds is 7. The predicted octanol–water partition coefficient (Wildman–Crippen LogP) is -0.707. The van der Waals surface area contributed by atoms with Crippen molar-refractivity contribution in [1.29, 1.82) is 0 Å². The van der Waals surface area contributed by atoms with E-state index in [4.69, 9.17) is 10.8 Å². The minimum Gasteiger partial charge on any atom is -0.395 e. The second-order valence-electron chi connectivity index (χ2n) is 3.91. The Labute approximate surface area is 112 Å². The quantitative estimate of drug-likeness (QED) is 0.646. The van der Waals surface area contributed by atoms with Gasteiger partial charge in [0.1, 0.15) is 10.6 Å². The van der Waals surface area contributed by atoms with Crippen molar-refractivity contribution in [3.8, 4) is 0 Å². The lowest BCUT2D eigenvalue weighted by Gasteiger charge is -2.18. The van der Waals surface area contributed by atoms with E-state index in [9.17, 15) is 13.2 Å². The maximum absolute atomic E-state index is 12.3. The minimum absolute atomic E-state index is 0.0425. The van der Waals surface area contributed by atoms with Gasteiger partial charge < -0.3 is 15.4 Å². The van der Waals surface area contributed by atoms with Crippen LogP contribution in [0.25, 0.3) is 0 Å². The number of nitrogens with two attached hydrogens (primary N) is 1. The van der Waals surface area contributed by atoms with Crippen LogP contribution in [-0.2, 0) is 17.1 Å². The lowest BCUT2D eigenvalue weighted by molar-refractivity contribution is 0.0992. The summed E-state index contributed by atoms with van der Waals surface area (Å²) in [5.41, 5.74) is 5.24. The van der Waals surface area contributed by atoms with Gasteiger partial charge in [0, 0.05) is 26.3 Å². The van der Waals surface area contributed by atoms with Crippen LogP contribution in [0.1, 0.15) is 10.5 Å². The van der Waals surface area contributed by atoms with Gasteiger partial charge in [0.25, 0.3) is 5.91 Å². The van der Waals surface area contributed by atoms with Crippen LogP contribution in [0.2, 0.25) is 0 Å². The number of carbonyl (C=O) groups is 1. The molecule has 0 unspecified atom stereocenters. The van der Waals surface area contributed by atoms with Gasteiger partial charge in [-0.25, -0.2) is 8.42 Å². The summed E-state index contributed by atoms with van der Waals surface area (Å²) in [7, 11) is -2.26. The molecule has 0 fully saturated rings. The molecule has 1 aromatic rings. The van der Waals surface area contributed by atoms with Crippen LogP contribution < -0.4 is 5.73 Å². The number of amides is 1. The summed E-state index contributed by atoms with van der Waals surface area (Å²) in [5, 5.41) is 8.90. The Hall–Kier alpha value is -1.64. The number of carbonyl (C=O) groups excluding carboxylic acids is 1. The van der Waals surface area contributed by atoms with Gasteiger partial charge in [-0.3, -0.25) is 4.79 Å². The second kappa shape index (κ2) is 6.00. The first-order valence-corrected chi connectivity index (χ1v) is 6.96. The average molecular weight is 287 g/mol. The molecule has 3 N–H and O–H groups in total. The zero-order valence-corrected chi connectivity index (χ0v) is 11.4. The molecule has 0 radical (unpaired) electrons. The number of hydrogen-bond acceptors (Lipinski definition) is 4. The van der Waals surface area contributed by atoms with Gasteiger partial charge in [-0.05, 0) is 6.07 Å². The largest absolute Gasteiger partial charge is 0.395 e. The Morgan fingerprint density at radius 2 is 2.26 bits per heavy atom. The molecule has 0 atom stereocenters. The zero-order valence-electron chi connectivity index (χ0n) is 10.6. The fourth-order valence-corrected chi connectivity index (χ4v) is 3.11. The van der Waals surface area contributed by atoms with Gasteiger partial charge in [0.15, 0.2) is 0 Å².